The largest absolute Gasteiger partial charge is 0.424 e. The molecule has 2 aromatic rings. The second kappa shape index (κ2) is 11.0. The van der Waals surface area contributed by atoms with Gasteiger partial charge in [0, 0.05) is 44.0 Å². The highest BCUT2D eigenvalue weighted by Gasteiger charge is 2.57. The summed E-state index contributed by atoms with van der Waals surface area (Å²) < 4.78 is 41.8. The van der Waals surface area contributed by atoms with Crippen molar-refractivity contribution < 1.29 is 18.3 Å². The Labute approximate surface area is 189 Å². The van der Waals surface area contributed by atoms with E-state index < -0.39 is 24.0 Å². The van der Waals surface area contributed by atoms with Gasteiger partial charge >= 0.3 is 6.18 Å². The normalized spacial score (nSPS) is 14.1. The van der Waals surface area contributed by atoms with Gasteiger partial charge in [-0.15, -0.1) is 24.0 Å². The fourth-order valence-electron chi connectivity index (χ4n) is 2.65. The maximum absolute atomic E-state index is 13.5. The van der Waals surface area contributed by atoms with Gasteiger partial charge in [0.15, 0.2) is 5.96 Å². The molecule has 0 radical (unpaired) electrons. The van der Waals surface area contributed by atoms with Crippen molar-refractivity contribution in [3.63, 3.8) is 0 Å². The summed E-state index contributed by atoms with van der Waals surface area (Å²) in [5.74, 6) is -0.116. The Morgan fingerprint density at radius 3 is 2.59 bits per heavy atom. The molecule has 1 atom stereocenters. The molecule has 0 spiro atoms. The first-order valence-electron chi connectivity index (χ1n) is 8.71. The minimum Gasteiger partial charge on any atom is -0.374 e. The van der Waals surface area contributed by atoms with E-state index in [4.69, 9.17) is 11.6 Å². The van der Waals surface area contributed by atoms with Crippen LogP contribution < -0.4 is 10.6 Å². The average Bonchev–Trinajstić information content (AvgIpc) is 3.05. The van der Waals surface area contributed by atoms with Crippen molar-refractivity contribution in [2.24, 2.45) is 12.0 Å². The molecule has 0 aliphatic heterocycles. The lowest BCUT2D eigenvalue weighted by Crippen LogP contribution is -2.47. The van der Waals surface area contributed by atoms with Crippen LogP contribution in [0.25, 0.3) is 0 Å². The van der Waals surface area contributed by atoms with Gasteiger partial charge in [0.25, 0.3) is 0 Å². The van der Waals surface area contributed by atoms with Crippen LogP contribution in [0.3, 0.4) is 0 Å². The third kappa shape index (κ3) is 6.75. The number of hydrogen-bond donors (Lipinski definition) is 3. The zero-order chi connectivity index (χ0) is 20.8. The lowest BCUT2D eigenvalue weighted by molar-refractivity contribution is -0.272. The predicted molar refractivity (Wildman–Crippen MR) is 117 cm³/mol. The monoisotopic (exact) mass is 545 g/mol. The highest BCUT2D eigenvalue weighted by atomic mass is 127. The molecular formula is C18H24ClF3IN5O. The lowest BCUT2D eigenvalue weighted by Gasteiger charge is -2.30. The van der Waals surface area contributed by atoms with Crippen LogP contribution in [0.5, 0.6) is 0 Å². The predicted octanol–water partition coefficient (Wildman–Crippen LogP) is 3.59. The summed E-state index contributed by atoms with van der Waals surface area (Å²) in [7, 11) is 1.41. The molecule has 3 N–H and O–H groups in total. The molecule has 0 aliphatic carbocycles. The molecule has 0 bridgehead atoms. The quantitative estimate of drug-likeness (QED) is 0.283. The van der Waals surface area contributed by atoms with E-state index in [1.54, 1.807) is 18.2 Å². The van der Waals surface area contributed by atoms with Gasteiger partial charge in [0.2, 0.25) is 5.60 Å². The SMILES string of the molecule is CCNC(=NCc1cccc(Cl)c1)NCCC(O)(c1nccn1C)C(F)(F)F.I. The van der Waals surface area contributed by atoms with Crippen LogP contribution in [0.15, 0.2) is 41.7 Å². The first kappa shape index (κ1) is 25.5. The second-order valence-electron chi connectivity index (χ2n) is 6.22. The van der Waals surface area contributed by atoms with E-state index in [1.807, 2.05) is 13.0 Å². The summed E-state index contributed by atoms with van der Waals surface area (Å²) in [6.45, 7) is 2.52. The Bertz CT molecular complexity index is 815. The van der Waals surface area contributed by atoms with Crippen molar-refractivity contribution in [1.29, 1.82) is 0 Å². The topological polar surface area (TPSA) is 74.5 Å². The van der Waals surface area contributed by atoms with E-state index >= 15 is 0 Å². The van der Waals surface area contributed by atoms with Gasteiger partial charge in [-0.2, -0.15) is 13.2 Å². The first-order valence-corrected chi connectivity index (χ1v) is 9.08. The smallest absolute Gasteiger partial charge is 0.374 e. The number of aliphatic hydroxyl groups is 1. The fourth-order valence-corrected chi connectivity index (χ4v) is 2.87. The summed E-state index contributed by atoms with van der Waals surface area (Å²) in [6.07, 6.45) is -2.92. The zero-order valence-electron chi connectivity index (χ0n) is 16.0. The van der Waals surface area contributed by atoms with Crippen LogP contribution in [-0.2, 0) is 19.2 Å². The summed E-state index contributed by atoms with van der Waals surface area (Å²) in [5, 5.41) is 16.7. The van der Waals surface area contributed by atoms with E-state index in [9.17, 15) is 18.3 Å². The van der Waals surface area contributed by atoms with Gasteiger partial charge in [-0.05, 0) is 24.6 Å². The number of aromatic nitrogens is 2. The summed E-state index contributed by atoms with van der Waals surface area (Å²) >= 11 is 5.94. The summed E-state index contributed by atoms with van der Waals surface area (Å²) in [6, 6.07) is 7.15. The van der Waals surface area contributed by atoms with Gasteiger partial charge in [-0.3, -0.25) is 0 Å². The molecule has 1 unspecified atom stereocenters. The fraction of sp³-hybridized carbons (Fsp3) is 0.444. The number of halogens is 5. The molecule has 0 saturated heterocycles. The van der Waals surface area contributed by atoms with Crippen LogP contribution >= 0.6 is 35.6 Å². The van der Waals surface area contributed by atoms with Crippen molar-refractivity contribution in [3.8, 4) is 0 Å². The number of alkyl halides is 3. The maximum Gasteiger partial charge on any atom is 0.424 e. The number of aliphatic imine (C=N–C) groups is 1. The van der Waals surface area contributed by atoms with Crippen LogP contribution in [0.1, 0.15) is 24.7 Å². The number of guanidine groups is 1. The van der Waals surface area contributed by atoms with Crippen LogP contribution in [0, 0.1) is 0 Å². The minimum absolute atomic E-state index is 0. The van der Waals surface area contributed by atoms with Gasteiger partial charge in [-0.25, -0.2) is 9.98 Å². The average molecular weight is 546 g/mol. The van der Waals surface area contributed by atoms with Crippen molar-refractivity contribution in [3.05, 3.63) is 53.1 Å². The Balaban J connectivity index is 0.00000420. The van der Waals surface area contributed by atoms with E-state index in [0.717, 1.165) is 10.1 Å². The van der Waals surface area contributed by atoms with Crippen molar-refractivity contribution in [1.82, 2.24) is 20.2 Å². The van der Waals surface area contributed by atoms with E-state index in [1.165, 1.54) is 19.4 Å². The summed E-state index contributed by atoms with van der Waals surface area (Å²) in [4.78, 5) is 8.02. The molecule has 0 aliphatic rings. The molecule has 11 heteroatoms. The standard InChI is InChI=1S/C18H23ClF3N5O.HI/c1-3-23-16(26-12-13-5-4-6-14(19)11-13)25-8-7-17(28,18(20,21)22)15-24-9-10-27(15)2;/h4-6,9-11,28H,3,7-8,12H2,1-2H3,(H2,23,25,26);1H. The van der Waals surface area contributed by atoms with Gasteiger partial charge in [0.1, 0.15) is 5.82 Å². The highest BCUT2D eigenvalue weighted by Crippen LogP contribution is 2.40. The third-order valence-electron chi connectivity index (χ3n) is 4.09. The summed E-state index contributed by atoms with van der Waals surface area (Å²) in [5.41, 5.74) is -2.20. The molecule has 6 nitrogen and oxygen atoms in total. The molecule has 162 valence electrons. The van der Waals surface area contributed by atoms with Crippen molar-refractivity contribution in [2.75, 3.05) is 13.1 Å². The van der Waals surface area contributed by atoms with Crippen LogP contribution in [-0.4, -0.2) is 39.9 Å². The van der Waals surface area contributed by atoms with E-state index in [2.05, 4.69) is 20.6 Å². The Morgan fingerprint density at radius 2 is 2.03 bits per heavy atom. The molecule has 0 saturated carbocycles. The second-order valence-corrected chi connectivity index (χ2v) is 6.66. The van der Waals surface area contributed by atoms with Crippen LogP contribution in [0.4, 0.5) is 13.2 Å². The molecule has 2 rings (SSSR count). The maximum atomic E-state index is 13.5. The van der Waals surface area contributed by atoms with Crippen molar-refractivity contribution >= 4 is 41.5 Å². The Kier molecular flexibility index (Phi) is 9.69. The molecule has 29 heavy (non-hydrogen) atoms. The number of imidazole rings is 1. The molecule has 0 fully saturated rings. The molecule has 1 heterocycles. The van der Waals surface area contributed by atoms with Gasteiger partial charge in [0.05, 0.1) is 6.54 Å². The van der Waals surface area contributed by atoms with E-state index in [0.29, 0.717) is 24.1 Å². The van der Waals surface area contributed by atoms with Gasteiger partial charge in [-0.1, -0.05) is 23.7 Å². The minimum atomic E-state index is -4.87. The highest BCUT2D eigenvalue weighted by molar-refractivity contribution is 14.0. The number of benzene rings is 1. The van der Waals surface area contributed by atoms with E-state index in [-0.39, 0.29) is 30.5 Å². The number of aryl methyl sites for hydroxylation is 1. The molecule has 1 aromatic heterocycles. The number of rotatable bonds is 7. The van der Waals surface area contributed by atoms with Gasteiger partial charge < -0.3 is 20.3 Å². The lowest BCUT2D eigenvalue weighted by atomic mass is 9.97. The molecular weight excluding hydrogens is 522 g/mol. The third-order valence-corrected chi connectivity index (χ3v) is 4.33. The Hall–Kier alpha value is -1.53. The Morgan fingerprint density at radius 1 is 1.31 bits per heavy atom. The molecule has 0 amide bonds. The number of hydrogen-bond acceptors (Lipinski definition) is 3. The first-order chi connectivity index (χ1) is 13.2. The zero-order valence-corrected chi connectivity index (χ0v) is 19.1. The number of nitrogens with one attached hydrogen (secondary N) is 2. The molecule has 1 aromatic carbocycles. The van der Waals surface area contributed by atoms with Crippen molar-refractivity contribution in [2.45, 2.75) is 31.7 Å². The van der Waals surface area contributed by atoms with Crippen LogP contribution in [0.2, 0.25) is 5.02 Å². The number of nitrogens with zero attached hydrogens (tertiary/aromatic N) is 3.